The first kappa shape index (κ1) is 57.0. The zero-order valence-corrected chi connectivity index (χ0v) is 39.1. The van der Waals surface area contributed by atoms with Gasteiger partial charge in [-0.25, -0.2) is 0 Å². The normalized spacial score (nSPS) is 14.0. The van der Waals surface area contributed by atoms with Crippen molar-refractivity contribution < 1.29 is 24.5 Å². The van der Waals surface area contributed by atoms with Gasteiger partial charge in [-0.2, -0.15) is 0 Å². The number of unbranched alkanes of at least 4 members (excludes halogenated alkanes) is 22. The number of esters is 1. The fraction of sp³-hybridized carbons (Fsp3) is 0.704. The summed E-state index contributed by atoms with van der Waals surface area (Å²) >= 11 is 0. The van der Waals surface area contributed by atoms with Crippen LogP contribution in [0, 0.1) is 0 Å². The first-order valence-electron chi connectivity index (χ1n) is 24.9. The highest BCUT2D eigenvalue weighted by Gasteiger charge is 2.23. The third-order valence-electron chi connectivity index (χ3n) is 10.9. The van der Waals surface area contributed by atoms with E-state index < -0.39 is 18.2 Å². The minimum absolute atomic E-state index is 0.0443. The Labute approximate surface area is 370 Å². The van der Waals surface area contributed by atoms with Crippen LogP contribution < -0.4 is 5.32 Å². The average molecular weight is 836 g/mol. The van der Waals surface area contributed by atoms with Gasteiger partial charge in [0.15, 0.2) is 0 Å². The van der Waals surface area contributed by atoms with Crippen LogP contribution in [0.15, 0.2) is 85.1 Å². The topological polar surface area (TPSA) is 95.9 Å². The quantitative estimate of drug-likeness (QED) is 0.0246. The number of rotatable bonds is 43. The van der Waals surface area contributed by atoms with Gasteiger partial charge in [0.25, 0.3) is 0 Å². The molecule has 6 nitrogen and oxygen atoms in total. The van der Waals surface area contributed by atoms with E-state index >= 15 is 0 Å². The molecule has 0 aliphatic rings. The van der Waals surface area contributed by atoms with Crippen molar-refractivity contribution in [1.82, 2.24) is 5.32 Å². The molecule has 0 aromatic carbocycles. The van der Waals surface area contributed by atoms with Crippen LogP contribution in [0.3, 0.4) is 0 Å². The van der Waals surface area contributed by atoms with Crippen molar-refractivity contribution in [3.8, 4) is 0 Å². The zero-order valence-electron chi connectivity index (χ0n) is 39.1. The third-order valence-corrected chi connectivity index (χ3v) is 10.9. The highest BCUT2D eigenvalue weighted by atomic mass is 16.5. The van der Waals surface area contributed by atoms with Gasteiger partial charge in [-0.05, 0) is 38.5 Å². The van der Waals surface area contributed by atoms with Crippen LogP contribution in [0.4, 0.5) is 0 Å². The van der Waals surface area contributed by atoms with Crippen LogP contribution in [0.25, 0.3) is 0 Å². The van der Waals surface area contributed by atoms with E-state index in [-0.39, 0.29) is 31.3 Å². The van der Waals surface area contributed by atoms with E-state index in [1.807, 2.05) is 60.8 Å². The van der Waals surface area contributed by atoms with Gasteiger partial charge in [-0.3, -0.25) is 9.59 Å². The molecule has 0 spiro atoms. The molecule has 0 aliphatic carbocycles. The lowest BCUT2D eigenvalue weighted by molar-refractivity contribution is -0.150. The molecule has 60 heavy (non-hydrogen) atoms. The van der Waals surface area contributed by atoms with Crippen molar-refractivity contribution in [3.05, 3.63) is 85.1 Å². The molecule has 0 saturated heterocycles. The molecule has 6 heteroatoms. The molecular weight excluding hydrogens is 743 g/mol. The number of carbonyl (C=O) groups is 2. The minimum Gasteiger partial charge on any atom is -0.461 e. The van der Waals surface area contributed by atoms with E-state index in [4.69, 9.17) is 4.74 Å². The molecule has 3 unspecified atom stereocenters. The lowest BCUT2D eigenvalue weighted by Gasteiger charge is -2.24. The molecule has 0 radical (unpaired) electrons. The van der Waals surface area contributed by atoms with Crippen molar-refractivity contribution in [3.63, 3.8) is 0 Å². The molecule has 344 valence electrons. The maximum absolute atomic E-state index is 13.1. The van der Waals surface area contributed by atoms with Gasteiger partial charge in [0.05, 0.1) is 25.2 Å². The lowest BCUT2D eigenvalue weighted by Crippen LogP contribution is -2.46. The Bertz CT molecular complexity index is 1160. The van der Waals surface area contributed by atoms with Gasteiger partial charge < -0.3 is 20.3 Å². The number of allylic oxidation sites excluding steroid dienone is 13. The SMILES string of the molecule is CC/C=C/C=C/C=C\C=C/C=C/CC(CC(=O)NC(CO)C(O)CCCCCCCCCCCCCCCCCCC)OC(=O)CC/C=C/C/C=C\CCCCCCCC. The predicted octanol–water partition coefficient (Wildman–Crippen LogP) is 14.8. The van der Waals surface area contributed by atoms with Gasteiger partial charge in [0.1, 0.15) is 6.10 Å². The van der Waals surface area contributed by atoms with Crippen LogP contribution in [-0.2, 0) is 14.3 Å². The number of hydrogen-bond acceptors (Lipinski definition) is 5. The molecule has 0 aromatic heterocycles. The Morgan fingerprint density at radius 1 is 0.533 bits per heavy atom. The van der Waals surface area contributed by atoms with E-state index in [0.29, 0.717) is 19.3 Å². The van der Waals surface area contributed by atoms with Gasteiger partial charge in [-0.1, -0.05) is 247 Å². The van der Waals surface area contributed by atoms with E-state index in [2.05, 4.69) is 50.4 Å². The van der Waals surface area contributed by atoms with Gasteiger partial charge in [0, 0.05) is 12.8 Å². The Balaban J connectivity index is 4.67. The summed E-state index contributed by atoms with van der Waals surface area (Å²) in [6.45, 7) is 6.27. The summed E-state index contributed by atoms with van der Waals surface area (Å²) in [5.41, 5.74) is 0. The van der Waals surface area contributed by atoms with Gasteiger partial charge >= 0.3 is 5.97 Å². The number of ether oxygens (including phenoxy) is 1. The van der Waals surface area contributed by atoms with Crippen LogP contribution in [0.2, 0.25) is 0 Å². The fourth-order valence-electron chi connectivity index (χ4n) is 7.09. The number of aliphatic hydroxyl groups is 2. The van der Waals surface area contributed by atoms with Crippen LogP contribution in [0.5, 0.6) is 0 Å². The molecular formula is C54H93NO5. The average Bonchev–Trinajstić information content (AvgIpc) is 3.24. The zero-order chi connectivity index (χ0) is 43.8. The molecule has 0 aromatic rings. The van der Waals surface area contributed by atoms with E-state index in [1.54, 1.807) is 0 Å². The lowest BCUT2D eigenvalue weighted by atomic mass is 10.0. The second kappa shape index (κ2) is 47.1. The van der Waals surface area contributed by atoms with E-state index in [1.165, 1.54) is 128 Å². The van der Waals surface area contributed by atoms with Crippen LogP contribution >= 0.6 is 0 Å². The molecule has 3 N–H and O–H groups in total. The number of nitrogens with one attached hydrogen (secondary N) is 1. The highest BCUT2D eigenvalue weighted by Crippen LogP contribution is 2.16. The number of amides is 1. The summed E-state index contributed by atoms with van der Waals surface area (Å²) in [5.74, 6) is -0.693. The number of carbonyl (C=O) groups excluding carboxylic acids is 2. The Morgan fingerprint density at radius 3 is 1.48 bits per heavy atom. The van der Waals surface area contributed by atoms with Crippen molar-refractivity contribution in [2.75, 3.05) is 6.61 Å². The monoisotopic (exact) mass is 836 g/mol. The maximum Gasteiger partial charge on any atom is 0.306 e. The van der Waals surface area contributed by atoms with Gasteiger partial charge in [-0.15, -0.1) is 0 Å². The summed E-state index contributed by atoms with van der Waals surface area (Å²) in [6, 6.07) is -0.753. The molecule has 0 heterocycles. The molecule has 0 saturated carbocycles. The maximum atomic E-state index is 13.1. The Kier molecular flexibility index (Phi) is 44.8. The predicted molar refractivity (Wildman–Crippen MR) is 259 cm³/mol. The summed E-state index contributed by atoms with van der Waals surface area (Å²) in [6.07, 6.45) is 61.1. The summed E-state index contributed by atoms with van der Waals surface area (Å²) in [4.78, 5) is 25.9. The third kappa shape index (κ3) is 41.8. The molecule has 0 aliphatic heterocycles. The summed E-state index contributed by atoms with van der Waals surface area (Å²) in [5, 5.41) is 23.7. The van der Waals surface area contributed by atoms with Crippen molar-refractivity contribution >= 4 is 11.9 Å². The second-order valence-electron chi connectivity index (χ2n) is 16.6. The first-order chi connectivity index (χ1) is 29.5. The fourth-order valence-corrected chi connectivity index (χ4v) is 7.09. The molecule has 0 bridgehead atoms. The second-order valence-corrected chi connectivity index (χ2v) is 16.6. The smallest absolute Gasteiger partial charge is 0.306 e. The number of aliphatic hydroxyl groups excluding tert-OH is 2. The molecule has 0 rings (SSSR count). The van der Waals surface area contributed by atoms with Gasteiger partial charge in [0.2, 0.25) is 5.91 Å². The van der Waals surface area contributed by atoms with Crippen molar-refractivity contribution in [2.24, 2.45) is 0 Å². The summed E-state index contributed by atoms with van der Waals surface area (Å²) in [7, 11) is 0. The van der Waals surface area contributed by atoms with E-state index in [9.17, 15) is 19.8 Å². The number of hydrogen-bond donors (Lipinski definition) is 3. The molecule has 0 fully saturated rings. The van der Waals surface area contributed by atoms with Crippen molar-refractivity contribution in [2.45, 2.75) is 238 Å². The first-order valence-corrected chi connectivity index (χ1v) is 24.9. The highest BCUT2D eigenvalue weighted by molar-refractivity contribution is 5.77. The summed E-state index contributed by atoms with van der Waals surface area (Å²) < 4.78 is 5.78. The minimum atomic E-state index is -0.830. The Hall–Kier alpha value is -2.96. The van der Waals surface area contributed by atoms with Crippen LogP contribution in [0.1, 0.15) is 220 Å². The standard InChI is InChI=1S/C54H93NO5/c1-4-7-10-13-16-19-22-24-25-26-27-29-31-34-37-40-43-46-52(57)51(49-56)55-53(58)48-50(45-42-39-36-33-30-21-18-15-12-9-6-3)60-54(59)47-44-41-38-35-32-28-23-20-17-14-11-8-5-2/h9,12,15,18,21,28,30,32-33,36,38-39,41-42,50-52,56-57H,4-8,10-11,13-14,16-17,19-20,22-27,29,31,34-35,37,40,43-49H2,1-3H3,(H,55,58)/b12-9+,18-15+,30-21-,32-28-,36-33-,41-38+,42-39+. The van der Waals surface area contributed by atoms with Crippen molar-refractivity contribution in [1.29, 1.82) is 0 Å². The Morgan fingerprint density at radius 2 is 0.983 bits per heavy atom. The molecule has 3 atom stereocenters. The molecule has 1 amide bonds. The largest absolute Gasteiger partial charge is 0.461 e. The van der Waals surface area contributed by atoms with E-state index in [0.717, 1.165) is 38.5 Å². The van der Waals surface area contributed by atoms with Crippen LogP contribution in [-0.4, -0.2) is 46.9 Å².